The Morgan fingerprint density at radius 3 is 2.59 bits per heavy atom. The van der Waals surface area contributed by atoms with Crippen LogP contribution in [0.5, 0.6) is 0 Å². The van der Waals surface area contributed by atoms with Crippen LogP contribution in [-0.2, 0) is 0 Å². The maximum atomic E-state index is 12.3. The third kappa shape index (κ3) is 2.56. The Hall–Kier alpha value is -3.08. The maximum Gasteiger partial charge on any atom is 0.335 e. The van der Waals surface area contributed by atoms with Crippen molar-refractivity contribution >= 4 is 28.5 Å². The third-order valence-electron chi connectivity index (χ3n) is 3.38. The minimum atomic E-state index is -1.04. The largest absolute Gasteiger partial charge is 0.478 e. The Labute approximate surface area is 126 Å². The molecule has 0 saturated carbocycles. The molecule has 0 spiro atoms. The van der Waals surface area contributed by atoms with E-state index in [9.17, 15) is 9.59 Å². The fourth-order valence-electron chi connectivity index (χ4n) is 2.17. The number of carbonyl (C=O) groups excluding carboxylic acids is 1. The number of furan rings is 1. The Morgan fingerprint density at radius 1 is 1.09 bits per heavy atom. The van der Waals surface area contributed by atoms with Crippen LogP contribution in [0.3, 0.4) is 0 Å². The van der Waals surface area contributed by atoms with Crippen LogP contribution >= 0.6 is 0 Å². The molecule has 0 bridgehead atoms. The summed E-state index contributed by atoms with van der Waals surface area (Å²) >= 11 is 0. The summed E-state index contributed by atoms with van der Waals surface area (Å²) in [6.45, 7) is 1.79. The summed E-state index contributed by atoms with van der Waals surface area (Å²) in [6.07, 6.45) is 0. The smallest absolute Gasteiger partial charge is 0.335 e. The molecule has 1 amide bonds. The molecule has 2 aromatic carbocycles. The van der Waals surface area contributed by atoms with Gasteiger partial charge in [-0.2, -0.15) is 0 Å². The molecule has 0 radical (unpaired) electrons. The summed E-state index contributed by atoms with van der Waals surface area (Å²) in [5.74, 6) is -1.28. The fourth-order valence-corrected chi connectivity index (χ4v) is 2.17. The first-order valence-electron chi connectivity index (χ1n) is 6.68. The van der Waals surface area contributed by atoms with Gasteiger partial charge in [0, 0.05) is 11.1 Å². The SMILES string of the molecule is Cc1ccc(C(=O)O)cc1NC(=O)c1cc2ccccc2o1. The second-order valence-electron chi connectivity index (χ2n) is 4.94. The van der Waals surface area contributed by atoms with Crippen LogP contribution in [0.15, 0.2) is 52.9 Å². The van der Waals surface area contributed by atoms with Crippen LogP contribution in [0.4, 0.5) is 5.69 Å². The monoisotopic (exact) mass is 295 g/mol. The van der Waals surface area contributed by atoms with Crippen LogP contribution in [0.1, 0.15) is 26.5 Å². The molecule has 0 aliphatic carbocycles. The maximum absolute atomic E-state index is 12.3. The number of carbonyl (C=O) groups is 2. The molecule has 0 fully saturated rings. The summed E-state index contributed by atoms with van der Waals surface area (Å²) in [7, 11) is 0. The molecule has 2 N–H and O–H groups in total. The van der Waals surface area contributed by atoms with Gasteiger partial charge in [-0.15, -0.1) is 0 Å². The van der Waals surface area contributed by atoms with Gasteiger partial charge in [-0.05, 0) is 36.8 Å². The molecule has 3 rings (SSSR count). The standard InChI is InChI=1S/C17H13NO4/c1-10-6-7-12(17(20)21)8-13(10)18-16(19)15-9-11-4-2-3-5-14(11)22-15/h2-9H,1H3,(H,18,19)(H,20,21). The van der Waals surface area contributed by atoms with E-state index in [4.69, 9.17) is 9.52 Å². The van der Waals surface area contributed by atoms with Crippen LogP contribution < -0.4 is 5.32 Å². The molecule has 0 unspecified atom stereocenters. The number of carboxylic acid groups (broad SMARTS) is 1. The molecule has 0 aliphatic rings. The van der Waals surface area contributed by atoms with Gasteiger partial charge < -0.3 is 14.8 Å². The minimum Gasteiger partial charge on any atom is -0.478 e. The van der Waals surface area contributed by atoms with Crippen LogP contribution in [0, 0.1) is 6.92 Å². The number of hydrogen-bond acceptors (Lipinski definition) is 3. The number of benzene rings is 2. The highest BCUT2D eigenvalue weighted by Crippen LogP contribution is 2.22. The molecule has 1 aromatic heterocycles. The number of hydrogen-bond donors (Lipinski definition) is 2. The number of fused-ring (bicyclic) bond motifs is 1. The van der Waals surface area contributed by atoms with Crippen molar-refractivity contribution in [3.8, 4) is 0 Å². The number of amides is 1. The van der Waals surface area contributed by atoms with Gasteiger partial charge in [-0.3, -0.25) is 4.79 Å². The Kier molecular flexibility index (Phi) is 3.39. The van der Waals surface area contributed by atoms with Crippen molar-refractivity contribution in [2.75, 3.05) is 5.32 Å². The lowest BCUT2D eigenvalue weighted by Crippen LogP contribution is -2.12. The van der Waals surface area contributed by atoms with Gasteiger partial charge in [-0.1, -0.05) is 24.3 Å². The number of aryl methyl sites for hydroxylation is 1. The van der Waals surface area contributed by atoms with Crippen molar-refractivity contribution in [2.24, 2.45) is 0 Å². The van der Waals surface area contributed by atoms with Gasteiger partial charge in [0.25, 0.3) is 5.91 Å². The lowest BCUT2D eigenvalue weighted by Gasteiger charge is -2.08. The molecule has 22 heavy (non-hydrogen) atoms. The second-order valence-corrected chi connectivity index (χ2v) is 4.94. The highest BCUT2D eigenvalue weighted by atomic mass is 16.4. The number of rotatable bonds is 3. The van der Waals surface area contributed by atoms with Crippen molar-refractivity contribution in [1.82, 2.24) is 0 Å². The summed E-state index contributed by atoms with van der Waals surface area (Å²) in [4.78, 5) is 23.3. The van der Waals surface area contributed by atoms with Gasteiger partial charge in [0.1, 0.15) is 5.58 Å². The summed E-state index contributed by atoms with van der Waals surface area (Å²) < 4.78 is 5.49. The summed E-state index contributed by atoms with van der Waals surface area (Å²) in [5, 5.41) is 12.5. The van der Waals surface area contributed by atoms with Crippen molar-refractivity contribution in [3.05, 3.63) is 65.4 Å². The Morgan fingerprint density at radius 2 is 1.86 bits per heavy atom. The number of para-hydroxylation sites is 1. The van der Waals surface area contributed by atoms with E-state index in [1.165, 1.54) is 12.1 Å². The van der Waals surface area contributed by atoms with E-state index in [-0.39, 0.29) is 11.3 Å². The summed E-state index contributed by atoms with van der Waals surface area (Å²) in [5.41, 5.74) is 1.97. The molecular formula is C17H13NO4. The second kappa shape index (κ2) is 5.37. The Bertz CT molecular complexity index is 846. The molecule has 0 saturated heterocycles. The molecular weight excluding hydrogens is 282 g/mol. The lowest BCUT2D eigenvalue weighted by atomic mass is 10.1. The van der Waals surface area contributed by atoms with Gasteiger partial charge >= 0.3 is 5.97 Å². The van der Waals surface area contributed by atoms with Gasteiger partial charge in [0.2, 0.25) is 0 Å². The molecule has 3 aromatic rings. The zero-order valence-corrected chi connectivity index (χ0v) is 11.8. The van der Waals surface area contributed by atoms with E-state index in [2.05, 4.69) is 5.32 Å². The first kappa shape index (κ1) is 13.9. The first-order valence-corrected chi connectivity index (χ1v) is 6.68. The average Bonchev–Trinajstić information content (AvgIpc) is 2.93. The molecule has 0 aliphatic heterocycles. The average molecular weight is 295 g/mol. The first-order chi connectivity index (χ1) is 10.5. The normalized spacial score (nSPS) is 10.6. The van der Waals surface area contributed by atoms with Crippen molar-refractivity contribution in [1.29, 1.82) is 0 Å². The molecule has 0 atom stereocenters. The van der Waals surface area contributed by atoms with Crippen LogP contribution in [0.25, 0.3) is 11.0 Å². The van der Waals surface area contributed by atoms with Gasteiger partial charge in [0.15, 0.2) is 5.76 Å². The lowest BCUT2D eigenvalue weighted by molar-refractivity contribution is 0.0696. The predicted octanol–water partition coefficient (Wildman–Crippen LogP) is 3.69. The number of carboxylic acids is 1. The number of nitrogens with one attached hydrogen (secondary N) is 1. The van der Waals surface area contributed by atoms with Crippen LogP contribution in [0.2, 0.25) is 0 Å². The van der Waals surface area contributed by atoms with Crippen molar-refractivity contribution in [3.63, 3.8) is 0 Å². The van der Waals surface area contributed by atoms with E-state index in [0.29, 0.717) is 11.3 Å². The molecule has 110 valence electrons. The van der Waals surface area contributed by atoms with E-state index in [0.717, 1.165) is 10.9 Å². The van der Waals surface area contributed by atoms with E-state index in [1.54, 1.807) is 25.1 Å². The number of aromatic carboxylic acids is 1. The van der Waals surface area contributed by atoms with E-state index >= 15 is 0 Å². The number of anilines is 1. The van der Waals surface area contributed by atoms with Gasteiger partial charge in [-0.25, -0.2) is 4.79 Å². The molecule has 5 heteroatoms. The van der Waals surface area contributed by atoms with Crippen molar-refractivity contribution < 1.29 is 19.1 Å². The molecule has 1 heterocycles. The summed E-state index contributed by atoms with van der Waals surface area (Å²) in [6, 6.07) is 13.5. The van der Waals surface area contributed by atoms with E-state index in [1.807, 2.05) is 18.2 Å². The zero-order chi connectivity index (χ0) is 15.7. The third-order valence-corrected chi connectivity index (χ3v) is 3.38. The van der Waals surface area contributed by atoms with Gasteiger partial charge in [0.05, 0.1) is 5.56 Å². The van der Waals surface area contributed by atoms with E-state index < -0.39 is 11.9 Å². The fraction of sp³-hybridized carbons (Fsp3) is 0.0588. The molecule has 5 nitrogen and oxygen atoms in total. The Balaban J connectivity index is 1.90. The minimum absolute atomic E-state index is 0.116. The predicted molar refractivity (Wildman–Crippen MR) is 82.3 cm³/mol. The zero-order valence-electron chi connectivity index (χ0n) is 11.8. The topological polar surface area (TPSA) is 79.5 Å². The highest BCUT2D eigenvalue weighted by molar-refractivity contribution is 6.05. The van der Waals surface area contributed by atoms with Crippen LogP contribution in [-0.4, -0.2) is 17.0 Å². The quantitative estimate of drug-likeness (QED) is 0.772. The van der Waals surface area contributed by atoms with Crippen molar-refractivity contribution in [2.45, 2.75) is 6.92 Å². The highest BCUT2D eigenvalue weighted by Gasteiger charge is 2.14.